The number of rotatable bonds is 13. The molecule has 258 valence electrons. The Morgan fingerprint density at radius 2 is 1.08 bits per heavy atom. The van der Waals surface area contributed by atoms with Crippen LogP contribution in [-0.2, 0) is 17.6 Å². The first-order chi connectivity index (χ1) is 24.3. The summed E-state index contributed by atoms with van der Waals surface area (Å²) in [6, 6.07) is 20.7. The molecule has 0 aliphatic rings. The number of aromatic carboxylic acids is 2. The summed E-state index contributed by atoms with van der Waals surface area (Å²) >= 11 is 0. The predicted octanol–water partition coefficient (Wildman–Crippen LogP) is 8.01. The van der Waals surface area contributed by atoms with E-state index in [2.05, 4.69) is 35.7 Å². The van der Waals surface area contributed by atoms with Gasteiger partial charge in [0, 0.05) is 12.8 Å². The number of hydrogen-bond donors (Lipinski definition) is 4. The normalized spacial score (nSPS) is 11.3. The van der Waals surface area contributed by atoms with E-state index in [0.29, 0.717) is 30.2 Å². The number of hydrogen-bond acceptors (Lipinski definition) is 11. The maximum atomic E-state index is 11.5. The predicted molar refractivity (Wildman–Crippen MR) is 189 cm³/mol. The van der Waals surface area contributed by atoms with E-state index in [0.717, 1.165) is 50.8 Å². The number of nitrogens with zero attached hydrogens (tertiary/aromatic N) is 7. The first-order valence-corrected chi connectivity index (χ1v) is 15.7. The molecule has 0 saturated carbocycles. The van der Waals surface area contributed by atoms with Gasteiger partial charge in [0.2, 0.25) is 5.95 Å². The van der Waals surface area contributed by atoms with Gasteiger partial charge in [-0.05, 0) is 104 Å². The van der Waals surface area contributed by atoms with Crippen LogP contribution in [0.3, 0.4) is 0 Å². The lowest BCUT2D eigenvalue weighted by Gasteiger charge is -2.13. The summed E-state index contributed by atoms with van der Waals surface area (Å²) in [6.07, 6.45) is 0.671. The molecule has 0 unspecified atom stereocenters. The van der Waals surface area contributed by atoms with Crippen molar-refractivity contribution in [3.05, 3.63) is 129 Å². The summed E-state index contributed by atoms with van der Waals surface area (Å²) < 4.78 is 0. The van der Waals surface area contributed by atoms with Crippen molar-refractivity contribution in [2.75, 3.05) is 11.9 Å². The highest BCUT2D eigenvalue weighted by atomic mass is 16.4. The van der Waals surface area contributed by atoms with Crippen LogP contribution in [-0.4, -0.2) is 54.7 Å². The van der Waals surface area contributed by atoms with Crippen molar-refractivity contribution < 1.29 is 29.7 Å². The van der Waals surface area contributed by atoms with Gasteiger partial charge in [0.05, 0.1) is 33.9 Å². The molecule has 4 N–H and O–H groups in total. The number of aliphatic carboxylic acids is 1. The van der Waals surface area contributed by atoms with E-state index < -0.39 is 17.9 Å². The van der Waals surface area contributed by atoms with E-state index in [1.54, 1.807) is 0 Å². The minimum Gasteiger partial charge on any atom is -0.480 e. The van der Waals surface area contributed by atoms with Gasteiger partial charge in [-0.3, -0.25) is 4.79 Å². The largest absolute Gasteiger partial charge is 0.480 e. The summed E-state index contributed by atoms with van der Waals surface area (Å²) in [6.45, 7) is 7.27. The van der Waals surface area contributed by atoms with Crippen molar-refractivity contribution in [2.24, 2.45) is 20.5 Å². The van der Waals surface area contributed by atoms with Crippen LogP contribution >= 0.6 is 0 Å². The molecule has 0 aliphatic heterocycles. The van der Waals surface area contributed by atoms with Gasteiger partial charge < -0.3 is 20.6 Å². The van der Waals surface area contributed by atoms with Crippen LogP contribution in [0.15, 0.2) is 93.3 Å². The lowest BCUT2D eigenvalue weighted by atomic mass is 10.0. The maximum absolute atomic E-state index is 11.5. The van der Waals surface area contributed by atoms with E-state index in [1.165, 1.54) is 12.1 Å². The van der Waals surface area contributed by atoms with Crippen LogP contribution in [0.5, 0.6) is 0 Å². The van der Waals surface area contributed by atoms with Crippen molar-refractivity contribution >= 4 is 46.6 Å². The Labute approximate surface area is 292 Å². The van der Waals surface area contributed by atoms with Gasteiger partial charge >= 0.3 is 17.9 Å². The molecule has 0 saturated heterocycles. The van der Waals surface area contributed by atoms with Gasteiger partial charge in [-0.1, -0.05) is 30.3 Å². The minimum atomic E-state index is -1.28. The summed E-state index contributed by atoms with van der Waals surface area (Å²) in [5.74, 6) is -2.59. The third-order valence-electron chi connectivity index (χ3n) is 7.85. The fourth-order valence-electron chi connectivity index (χ4n) is 5.15. The highest BCUT2D eigenvalue weighted by Gasteiger charge is 2.15. The van der Waals surface area contributed by atoms with Crippen molar-refractivity contribution in [3.63, 3.8) is 0 Å². The molecule has 0 radical (unpaired) electrons. The molecule has 0 aliphatic carbocycles. The zero-order valence-electron chi connectivity index (χ0n) is 28.2. The number of aryl methyl sites for hydroxylation is 4. The molecule has 0 bridgehead atoms. The molecule has 5 rings (SSSR count). The van der Waals surface area contributed by atoms with Gasteiger partial charge in [-0.25, -0.2) is 14.6 Å². The van der Waals surface area contributed by atoms with Crippen LogP contribution in [0.1, 0.15) is 65.7 Å². The lowest BCUT2D eigenvalue weighted by Crippen LogP contribution is -2.17. The molecule has 0 fully saturated rings. The maximum Gasteiger partial charge on any atom is 0.335 e. The second-order valence-corrected chi connectivity index (χ2v) is 11.8. The monoisotopic (exact) mass is 686 g/mol. The van der Waals surface area contributed by atoms with Crippen LogP contribution in [0, 0.1) is 27.7 Å². The summed E-state index contributed by atoms with van der Waals surface area (Å²) in [7, 11) is 0. The fourth-order valence-corrected chi connectivity index (χ4v) is 5.15. The van der Waals surface area contributed by atoms with Crippen molar-refractivity contribution in [1.82, 2.24) is 15.0 Å². The molecular weight excluding hydrogens is 652 g/mol. The Bertz CT molecular complexity index is 2170. The highest BCUT2D eigenvalue weighted by Crippen LogP contribution is 2.29. The first-order valence-electron chi connectivity index (χ1n) is 15.7. The van der Waals surface area contributed by atoms with Gasteiger partial charge in [0.15, 0.2) is 0 Å². The average molecular weight is 687 g/mol. The quantitative estimate of drug-likeness (QED) is 0.0876. The van der Waals surface area contributed by atoms with Gasteiger partial charge in [-0.2, -0.15) is 30.4 Å². The zero-order valence-corrected chi connectivity index (χ0v) is 28.2. The SMILES string of the molecule is Cc1cc(N=Nc2ccccc2)c(C)cc1Cc1nc(Cc2cc(C)c(N=Nc3cc(C(=O)O)cc(C(=O)O)c3)cc2C)nc(NCC(=O)O)n1. The third-order valence-corrected chi connectivity index (χ3v) is 7.85. The van der Waals surface area contributed by atoms with E-state index in [9.17, 15) is 29.7 Å². The van der Waals surface area contributed by atoms with Crippen molar-refractivity contribution in [2.45, 2.75) is 40.5 Å². The molecule has 1 heterocycles. The zero-order chi connectivity index (χ0) is 36.7. The number of azo groups is 2. The summed E-state index contributed by atoms with van der Waals surface area (Å²) in [4.78, 5) is 48.0. The van der Waals surface area contributed by atoms with Gasteiger partial charge in [0.25, 0.3) is 0 Å². The number of carboxylic acid groups (broad SMARTS) is 3. The lowest BCUT2D eigenvalue weighted by molar-refractivity contribution is -0.134. The molecule has 51 heavy (non-hydrogen) atoms. The van der Waals surface area contributed by atoms with Crippen molar-refractivity contribution in [3.8, 4) is 0 Å². The van der Waals surface area contributed by atoms with Gasteiger partial charge in [0.1, 0.15) is 18.2 Å². The molecular formula is C37H34N8O6. The van der Waals surface area contributed by atoms with Crippen LogP contribution < -0.4 is 5.32 Å². The topological polar surface area (TPSA) is 212 Å². The minimum absolute atomic E-state index is 0.0872. The van der Waals surface area contributed by atoms with Gasteiger partial charge in [-0.15, -0.1) is 0 Å². The number of aromatic nitrogens is 3. The van der Waals surface area contributed by atoms with E-state index in [-0.39, 0.29) is 29.3 Å². The van der Waals surface area contributed by atoms with E-state index in [1.807, 2.05) is 82.3 Å². The Morgan fingerprint density at radius 3 is 1.55 bits per heavy atom. The van der Waals surface area contributed by atoms with E-state index in [4.69, 9.17) is 4.98 Å². The Balaban J connectivity index is 1.40. The van der Waals surface area contributed by atoms with E-state index >= 15 is 0 Å². The summed E-state index contributed by atoms with van der Waals surface area (Å²) in [5, 5.41) is 47.9. The third kappa shape index (κ3) is 9.47. The molecule has 5 aromatic rings. The number of carbonyl (C=O) groups is 3. The second-order valence-electron chi connectivity index (χ2n) is 11.8. The molecule has 0 spiro atoms. The second kappa shape index (κ2) is 15.7. The van der Waals surface area contributed by atoms with Crippen molar-refractivity contribution in [1.29, 1.82) is 0 Å². The Hall–Kier alpha value is -6.70. The van der Waals surface area contributed by atoms with Crippen LogP contribution in [0.25, 0.3) is 0 Å². The molecule has 0 atom stereocenters. The molecule has 4 aromatic carbocycles. The number of nitrogens with one attached hydrogen (secondary N) is 1. The smallest absolute Gasteiger partial charge is 0.335 e. The number of anilines is 1. The number of carboxylic acids is 3. The Morgan fingerprint density at radius 1 is 0.588 bits per heavy atom. The molecule has 14 nitrogen and oxygen atoms in total. The average Bonchev–Trinajstić information content (AvgIpc) is 3.09. The van der Waals surface area contributed by atoms with Crippen LogP contribution in [0.2, 0.25) is 0 Å². The highest BCUT2D eigenvalue weighted by molar-refractivity contribution is 5.95. The molecule has 0 amide bonds. The first kappa shape index (κ1) is 35.6. The molecule has 14 heteroatoms. The standard InChI is InChI=1S/C37H34N8O6/c1-20-12-30(44-42-28-8-6-5-7-9-28)22(3)10-24(20)17-32-39-33(41-37(40-32)38-19-34(46)47)18-25-11-23(4)31(13-21(25)2)45-43-29-15-26(35(48)49)14-27(16-29)36(50)51/h5-16H,17-19H2,1-4H3,(H,46,47)(H,48,49)(H,50,51)(H,38,39,40,41). The number of benzene rings is 4. The fraction of sp³-hybridized carbons (Fsp3) is 0.189. The van der Waals surface area contributed by atoms with Crippen LogP contribution in [0.4, 0.5) is 28.7 Å². The molecule has 1 aromatic heterocycles. The summed E-state index contributed by atoms with van der Waals surface area (Å²) in [5.41, 5.74) is 7.00. The Kier molecular flexibility index (Phi) is 10.9.